The zero-order valence-corrected chi connectivity index (χ0v) is 12.6. The van der Waals surface area contributed by atoms with Crippen LogP contribution in [0.15, 0.2) is 18.6 Å². The molecular weight excluding hydrogens is 304 g/mol. The van der Waals surface area contributed by atoms with Crippen molar-refractivity contribution in [3.05, 3.63) is 18.6 Å². The van der Waals surface area contributed by atoms with Crippen LogP contribution in [-0.4, -0.2) is 27.5 Å². The summed E-state index contributed by atoms with van der Waals surface area (Å²) < 4.78 is 0. The summed E-state index contributed by atoms with van der Waals surface area (Å²) in [4.78, 5) is 14.5. The van der Waals surface area contributed by atoms with Crippen LogP contribution in [0.1, 0.15) is 32.1 Å². The van der Waals surface area contributed by atoms with E-state index in [1.165, 1.54) is 37.5 Å². The molecule has 0 aromatic carbocycles. The third-order valence-corrected chi connectivity index (χ3v) is 4.62. The highest BCUT2D eigenvalue weighted by Crippen LogP contribution is 2.39. The van der Waals surface area contributed by atoms with E-state index in [1.54, 1.807) is 6.33 Å². The first-order valence-corrected chi connectivity index (χ1v) is 6.98. The third-order valence-electron chi connectivity index (χ3n) is 4.62. The van der Waals surface area contributed by atoms with Crippen LogP contribution < -0.4 is 4.90 Å². The van der Waals surface area contributed by atoms with Crippen molar-refractivity contribution in [1.82, 2.24) is 15.0 Å². The smallest absolute Gasteiger partial charge is 0.142 e. The van der Waals surface area contributed by atoms with Crippen molar-refractivity contribution < 1.29 is 0 Å². The standard InChI is InChI=1S/C14H18N4.BrH/c1-2-4-12-10(3-1)6-8-18(12)14-11-5-7-15-13(11)16-9-17-14;/h5,7,9-10,12H,1-4,6,8H2,(H,15,16,17);1H. The van der Waals surface area contributed by atoms with Gasteiger partial charge in [-0.25, -0.2) is 9.97 Å². The van der Waals surface area contributed by atoms with Gasteiger partial charge >= 0.3 is 0 Å². The molecule has 1 saturated heterocycles. The predicted octanol–water partition coefficient (Wildman–Crippen LogP) is 3.30. The van der Waals surface area contributed by atoms with Crippen molar-refractivity contribution >= 4 is 33.8 Å². The Labute approximate surface area is 123 Å². The molecule has 1 N–H and O–H groups in total. The zero-order chi connectivity index (χ0) is 11.9. The highest BCUT2D eigenvalue weighted by Gasteiger charge is 2.36. The molecule has 2 aromatic rings. The molecule has 3 heterocycles. The Balaban J connectivity index is 0.00000110. The molecular formula is C14H19BrN4. The lowest BCUT2D eigenvalue weighted by Gasteiger charge is -2.32. The van der Waals surface area contributed by atoms with Crippen LogP contribution in [0.5, 0.6) is 0 Å². The number of rotatable bonds is 1. The van der Waals surface area contributed by atoms with Crippen LogP contribution in [0, 0.1) is 5.92 Å². The van der Waals surface area contributed by atoms with E-state index in [4.69, 9.17) is 0 Å². The molecule has 2 atom stereocenters. The fourth-order valence-electron chi connectivity index (χ4n) is 3.76. The first-order valence-electron chi connectivity index (χ1n) is 6.98. The molecule has 1 aliphatic heterocycles. The maximum absolute atomic E-state index is 4.55. The monoisotopic (exact) mass is 322 g/mol. The van der Waals surface area contributed by atoms with Crippen molar-refractivity contribution in [2.45, 2.75) is 38.1 Å². The Bertz CT molecular complexity index is 567. The van der Waals surface area contributed by atoms with Crippen molar-refractivity contribution in [3.8, 4) is 0 Å². The molecule has 0 radical (unpaired) electrons. The normalized spacial score (nSPS) is 26.2. The van der Waals surface area contributed by atoms with Gasteiger partial charge in [0, 0.05) is 18.8 Å². The number of nitrogens with one attached hydrogen (secondary N) is 1. The van der Waals surface area contributed by atoms with Gasteiger partial charge in [-0.05, 0) is 31.2 Å². The Hall–Kier alpha value is -1.10. The Morgan fingerprint density at radius 1 is 1.16 bits per heavy atom. The summed E-state index contributed by atoms with van der Waals surface area (Å²) in [7, 11) is 0. The van der Waals surface area contributed by atoms with Crippen molar-refractivity contribution in [3.63, 3.8) is 0 Å². The zero-order valence-electron chi connectivity index (χ0n) is 10.9. The van der Waals surface area contributed by atoms with Gasteiger partial charge in [-0.2, -0.15) is 0 Å². The van der Waals surface area contributed by atoms with Crippen LogP contribution in [0.3, 0.4) is 0 Å². The summed E-state index contributed by atoms with van der Waals surface area (Å²) in [5.41, 5.74) is 0.958. The van der Waals surface area contributed by atoms with Gasteiger partial charge in [0.05, 0.1) is 5.39 Å². The lowest BCUT2D eigenvalue weighted by molar-refractivity contribution is 0.341. The van der Waals surface area contributed by atoms with Gasteiger partial charge < -0.3 is 9.88 Å². The molecule has 2 aromatic heterocycles. The molecule has 2 fully saturated rings. The van der Waals surface area contributed by atoms with Crippen LogP contribution in [-0.2, 0) is 0 Å². The number of anilines is 1. The molecule has 1 aliphatic carbocycles. The molecule has 5 heteroatoms. The average Bonchev–Trinajstić information content (AvgIpc) is 3.05. The Kier molecular flexibility index (Phi) is 3.48. The highest BCUT2D eigenvalue weighted by atomic mass is 79.9. The summed E-state index contributed by atoms with van der Waals surface area (Å²) in [5.74, 6) is 2.03. The van der Waals surface area contributed by atoms with E-state index in [2.05, 4.69) is 25.9 Å². The molecule has 2 aliphatic rings. The number of aromatic nitrogens is 3. The first-order chi connectivity index (χ1) is 8.93. The molecule has 0 spiro atoms. The molecule has 4 nitrogen and oxygen atoms in total. The van der Waals surface area contributed by atoms with Gasteiger partial charge in [-0.15, -0.1) is 17.0 Å². The number of hydrogen-bond donors (Lipinski definition) is 1. The van der Waals surface area contributed by atoms with Gasteiger partial charge in [0.25, 0.3) is 0 Å². The van der Waals surface area contributed by atoms with E-state index in [0.29, 0.717) is 6.04 Å². The summed E-state index contributed by atoms with van der Waals surface area (Å²) in [6.45, 7) is 1.16. The van der Waals surface area contributed by atoms with Crippen molar-refractivity contribution in [2.24, 2.45) is 5.92 Å². The van der Waals surface area contributed by atoms with E-state index in [9.17, 15) is 0 Å². The van der Waals surface area contributed by atoms with E-state index in [-0.39, 0.29) is 17.0 Å². The fraction of sp³-hybridized carbons (Fsp3) is 0.571. The van der Waals surface area contributed by atoms with Crippen molar-refractivity contribution in [2.75, 3.05) is 11.4 Å². The van der Waals surface area contributed by atoms with Gasteiger partial charge in [0.2, 0.25) is 0 Å². The summed E-state index contributed by atoms with van der Waals surface area (Å²) >= 11 is 0. The minimum absolute atomic E-state index is 0. The minimum atomic E-state index is 0. The Morgan fingerprint density at radius 3 is 3.00 bits per heavy atom. The van der Waals surface area contributed by atoms with Crippen LogP contribution >= 0.6 is 17.0 Å². The van der Waals surface area contributed by atoms with E-state index >= 15 is 0 Å². The molecule has 1 saturated carbocycles. The first kappa shape index (κ1) is 12.9. The van der Waals surface area contributed by atoms with E-state index in [1.807, 2.05) is 6.20 Å². The highest BCUT2D eigenvalue weighted by molar-refractivity contribution is 8.93. The average molecular weight is 323 g/mol. The second-order valence-electron chi connectivity index (χ2n) is 5.53. The van der Waals surface area contributed by atoms with Gasteiger partial charge in [0.1, 0.15) is 17.8 Å². The molecule has 4 rings (SSSR count). The van der Waals surface area contributed by atoms with Crippen LogP contribution in [0.4, 0.5) is 5.82 Å². The quantitative estimate of drug-likeness (QED) is 0.876. The number of halogens is 1. The van der Waals surface area contributed by atoms with Crippen molar-refractivity contribution in [1.29, 1.82) is 0 Å². The lowest BCUT2D eigenvalue weighted by Crippen LogP contribution is -2.35. The van der Waals surface area contributed by atoms with E-state index in [0.717, 1.165) is 23.9 Å². The molecule has 19 heavy (non-hydrogen) atoms. The summed E-state index contributed by atoms with van der Waals surface area (Å²) in [5, 5.41) is 1.17. The van der Waals surface area contributed by atoms with Gasteiger partial charge in [0.15, 0.2) is 0 Å². The third kappa shape index (κ3) is 2.04. The number of hydrogen-bond acceptors (Lipinski definition) is 3. The van der Waals surface area contributed by atoms with Gasteiger partial charge in [-0.3, -0.25) is 0 Å². The maximum Gasteiger partial charge on any atom is 0.142 e. The topological polar surface area (TPSA) is 44.8 Å². The molecule has 102 valence electrons. The predicted molar refractivity (Wildman–Crippen MR) is 81.9 cm³/mol. The maximum atomic E-state index is 4.55. The second-order valence-corrected chi connectivity index (χ2v) is 5.53. The molecule has 0 amide bonds. The Morgan fingerprint density at radius 2 is 2.05 bits per heavy atom. The largest absolute Gasteiger partial charge is 0.353 e. The molecule has 2 unspecified atom stereocenters. The number of nitrogens with zero attached hydrogens (tertiary/aromatic N) is 3. The van der Waals surface area contributed by atoms with E-state index < -0.39 is 0 Å². The molecule has 0 bridgehead atoms. The lowest BCUT2D eigenvalue weighted by atomic mass is 9.85. The summed E-state index contributed by atoms with van der Waals surface area (Å²) in [6.07, 6.45) is 10.5. The summed E-state index contributed by atoms with van der Waals surface area (Å²) in [6, 6.07) is 2.81. The SMILES string of the molecule is Br.c1nc(N2CCC3CCCCC32)c2cc[nH]c2n1. The minimum Gasteiger partial charge on any atom is -0.353 e. The second kappa shape index (κ2) is 5.12. The number of fused-ring (bicyclic) bond motifs is 2. The van der Waals surface area contributed by atoms with Gasteiger partial charge in [-0.1, -0.05) is 12.8 Å². The van der Waals surface area contributed by atoms with Crippen LogP contribution in [0.25, 0.3) is 11.0 Å². The van der Waals surface area contributed by atoms with Crippen LogP contribution in [0.2, 0.25) is 0 Å². The fourth-order valence-corrected chi connectivity index (χ4v) is 3.76. The number of aromatic amines is 1. The number of H-pyrrole nitrogens is 1.